The molecule has 1 aromatic heterocycles. The summed E-state index contributed by atoms with van der Waals surface area (Å²) in [6, 6.07) is 5.13. The van der Waals surface area contributed by atoms with Gasteiger partial charge in [-0.25, -0.2) is 4.39 Å². The number of benzene rings is 1. The summed E-state index contributed by atoms with van der Waals surface area (Å²) >= 11 is 3.16. The molecule has 16 heavy (non-hydrogen) atoms. The maximum absolute atomic E-state index is 13.9. The normalized spacial score (nSPS) is 10.7. The Morgan fingerprint density at radius 3 is 2.94 bits per heavy atom. The highest BCUT2D eigenvalue weighted by Crippen LogP contribution is 2.30. The van der Waals surface area contributed by atoms with Crippen molar-refractivity contribution < 1.29 is 4.39 Å². The van der Waals surface area contributed by atoms with E-state index in [-0.39, 0.29) is 5.82 Å². The number of aromatic nitrogens is 2. The van der Waals surface area contributed by atoms with Gasteiger partial charge in [-0.15, -0.1) is 0 Å². The number of nitrogen functional groups attached to an aromatic ring is 1. The number of nitrogens with zero attached hydrogens (tertiary/aromatic N) is 1. The van der Waals surface area contributed by atoms with Crippen molar-refractivity contribution in [1.29, 1.82) is 0 Å². The summed E-state index contributed by atoms with van der Waals surface area (Å²) in [7, 11) is 0. The van der Waals surface area contributed by atoms with Crippen LogP contribution in [-0.4, -0.2) is 10.2 Å². The summed E-state index contributed by atoms with van der Waals surface area (Å²) in [5, 5.41) is 6.68. The predicted molar refractivity (Wildman–Crippen MR) is 65.5 cm³/mol. The molecule has 0 amide bonds. The van der Waals surface area contributed by atoms with Crippen molar-refractivity contribution in [3.05, 3.63) is 34.1 Å². The van der Waals surface area contributed by atoms with Crippen LogP contribution in [0.25, 0.3) is 11.3 Å². The minimum atomic E-state index is -0.305. The van der Waals surface area contributed by atoms with Crippen molar-refractivity contribution in [3.63, 3.8) is 0 Å². The number of rotatable bonds is 2. The number of anilines is 1. The summed E-state index contributed by atoms with van der Waals surface area (Å²) in [4.78, 5) is 0. The van der Waals surface area contributed by atoms with E-state index in [0.29, 0.717) is 28.0 Å². The zero-order valence-electron chi connectivity index (χ0n) is 8.72. The topological polar surface area (TPSA) is 54.7 Å². The summed E-state index contributed by atoms with van der Waals surface area (Å²) in [6.07, 6.45) is 0.712. The van der Waals surface area contributed by atoms with Crippen LogP contribution in [0, 0.1) is 5.82 Å². The molecule has 0 aliphatic carbocycles. The fraction of sp³-hybridized carbons (Fsp3) is 0.182. The average Bonchev–Trinajstić information content (AvgIpc) is 2.63. The van der Waals surface area contributed by atoms with E-state index < -0.39 is 0 Å². The van der Waals surface area contributed by atoms with Crippen LogP contribution in [0.3, 0.4) is 0 Å². The molecule has 0 aliphatic heterocycles. The lowest BCUT2D eigenvalue weighted by molar-refractivity contribution is 0.624. The van der Waals surface area contributed by atoms with Gasteiger partial charge in [0.05, 0.1) is 10.2 Å². The van der Waals surface area contributed by atoms with Crippen LogP contribution in [-0.2, 0) is 6.42 Å². The van der Waals surface area contributed by atoms with Crippen molar-refractivity contribution in [1.82, 2.24) is 10.2 Å². The molecule has 2 rings (SSSR count). The van der Waals surface area contributed by atoms with E-state index in [1.54, 1.807) is 18.2 Å². The van der Waals surface area contributed by atoms with Crippen molar-refractivity contribution in [3.8, 4) is 11.3 Å². The first-order chi connectivity index (χ1) is 7.65. The van der Waals surface area contributed by atoms with Crippen LogP contribution < -0.4 is 5.73 Å². The number of H-pyrrole nitrogens is 1. The molecule has 0 spiro atoms. The maximum atomic E-state index is 13.9. The number of halogens is 2. The van der Waals surface area contributed by atoms with Gasteiger partial charge in [0.1, 0.15) is 11.6 Å². The Balaban J connectivity index is 2.63. The number of aromatic amines is 1. The van der Waals surface area contributed by atoms with Crippen LogP contribution in [0.5, 0.6) is 0 Å². The molecular weight excluding hydrogens is 273 g/mol. The number of nitrogens with two attached hydrogens (primary N) is 1. The first-order valence-electron chi connectivity index (χ1n) is 4.92. The van der Waals surface area contributed by atoms with Crippen LogP contribution >= 0.6 is 15.9 Å². The smallest absolute Gasteiger partial charge is 0.149 e. The Morgan fingerprint density at radius 1 is 1.50 bits per heavy atom. The van der Waals surface area contributed by atoms with Crippen molar-refractivity contribution in [2.45, 2.75) is 13.3 Å². The summed E-state index contributed by atoms with van der Waals surface area (Å²) in [6.45, 7) is 1.96. The molecule has 1 heterocycles. The molecule has 0 saturated heterocycles. The van der Waals surface area contributed by atoms with Crippen LogP contribution in [0.1, 0.15) is 12.5 Å². The molecule has 3 nitrogen and oxygen atoms in total. The molecule has 0 radical (unpaired) electrons. The molecule has 0 bridgehead atoms. The monoisotopic (exact) mass is 283 g/mol. The largest absolute Gasteiger partial charge is 0.382 e. The van der Waals surface area contributed by atoms with Gasteiger partial charge in [-0.1, -0.05) is 13.0 Å². The summed E-state index contributed by atoms with van der Waals surface area (Å²) in [5.74, 6) is 0.123. The average molecular weight is 284 g/mol. The molecule has 0 saturated carbocycles. The highest BCUT2D eigenvalue weighted by molar-refractivity contribution is 9.10. The molecule has 0 unspecified atom stereocenters. The second-order valence-corrected chi connectivity index (χ2v) is 4.27. The maximum Gasteiger partial charge on any atom is 0.149 e. The van der Waals surface area contributed by atoms with Crippen LogP contribution in [0.4, 0.5) is 10.2 Å². The van der Waals surface area contributed by atoms with Gasteiger partial charge in [-0.3, -0.25) is 5.10 Å². The molecule has 3 N–H and O–H groups in total. The van der Waals surface area contributed by atoms with E-state index in [2.05, 4.69) is 26.1 Å². The quantitative estimate of drug-likeness (QED) is 0.890. The van der Waals surface area contributed by atoms with E-state index in [0.717, 1.165) is 5.56 Å². The lowest BCUT2D eigenvalue weighted by Gasteiger charge is -2.04. The van der Waals surface area contributed by atoms with Gasteiger partial charge >= 0.3 is 0 Å². The molecule has 2 aromatic rings. The molecule has 84 valence electrons. The van der Waals surface area contributed by atoms with E-state index in [9.17, 15) is 4.39 Å². The molecule has 5 heteroatoms. The lowest BCUT2D eigenvalue weighted by atomic mass is 10.1. The lowest BCUT2D eigenvalue weighted by Crippen LogP contribution is -1.92. The van der Waals surface area contributed by atoms with Crippen molar-refractivity contribution >= 4 is 21.7 Å². The van der Waals surface area contributed by atoms with Gasteiger partial charge in [-0.05, 0) is 34.5 Å². The van der Waals surface area contributed by atoms with E-state index >= 15 is 0 Å². The third-order valence-electron chi connectivity index (χ3n) is 2.47. The molecule has 1 aromatic carbocycles. The van der Waals surface area contributed by atoms with Gasteiger partial charge < -0.3 is 5.73 Å². The van der Waals surface area contributed by atoms with Gasteiger partial charge in [0, 0.05) is 11.1 Å². The first-order valence-corrected chi connectivity index (χ1v) is 5.71. The Labute approximate surface area is 101 Å². The highest BCUT2D eigenvalue weighted by Gasteiger charge is 2.15. The van der Waals surface area contributed by atoms with E-state index in [1.165, 1.54) is 0 Å². The number of hydrogen-bond donors (Lipinski definition) is 2. The van der Waals surface area contributed by atoms with E-state index in [4.69, 9.17) is 5.73 Å². The molecule has 0 fully saturated rings. The third kappa shape index (κ3) is 1.71. The summed E-state index contributed by atoms with van der Waals surface area (Å²) < 4.78 is 14.3. The molecule has 0 aliphatic rings. The SMILES string of the molecule is CCc1c(N)n[nH]c1-c1cccc(Br)c1F. The van der Waals surface area contributed by atoms with Gasteiger partial charge in [0.2, 0.25) is 0 Å². The summed E-state index contributed by atoms with van der Waals surface area (Å²) in [5.41, 5.74) is 7.68. The van der Waals surface area contributed by atoms with Gasteiger partial charge in [-0.2, -0.15) is 5.10 Å². The first kappa shape index (κ1) is 11.1. The highest BCUT2D eigenvalue weighted by atomic mass is 79.9. The van der Waals surface area contributed by atoms with Gasteiger partial charge in [0.25, 0.3) is 0 Å². The Bertz CT molecular complexity index is 522. The second kappa shape index (κ2) is 4.25. The zero-order valence-corrected chi connectivity index (χ0v) is 10.3. The standard InChI is InChI=1S/C11H11BrFN3/c1-2-6-10(15-16-11(6)14)7-4-3-5-8(12)9(7)13/h3-5H,2H2,1H3,(H3,14,15,16). The fourth-order valence-electron chi connectivity index (χ4n) is 1.66. The van der Waals surface area contributed by atoms with Crippen molar-refractivity contribution in [2.75, 3.05) is 5.73 Å². The van der Waals surface area contributed by atoms with E-state index in [1.807, 2.05) is 6.92 Å². The third-order valence-corrected chi connectivity index (χ3v) is 3.09. The number of hydrogen-bond acceptors (Lipinski definition) is 2. The second-order valence-electron chi connectivity index (χ2n) is 3.42. The number of nitrogens with one attached hydrogen (secondary N) is 1. The molecular formula is C11H11BrFN3. The predicted octanol–water partition coefficient (Wildman–Crippen LogP) is 3.12. The van der Waals surface area contributed by atoms with Gasteiger partial charge in [0.15, 0.2) is 0 Å². The Morgan fingerprint density at radius 2 is 2.25 bits per heavy atom. The Kier molecular flexibility index (Phi) is 2.96. The minimum absolute atomic E-state index is 0.305. The Hall–Kier alpha value is -1.36. The zero-order chi connectivity index (χ0) is 11.7. The minimum Gasteiger partial charge on any atom is -0.382 e. The fourth-order valence-corrected chi connectivity index (χ4v) is 2.02. The van der Waals surface area contributed by atoms with Crippen molar-refractivity contribution in [2.24, 2.45) is 0 Å². The van der Waals surface area contributed by atoms with Crippen LogP contribution in [0.15, 0.2) is 22.7 Å². The molecule has 0 atom stereocenters. The van der Waals surface area contributed by atoms with Crippen LogP contribution in [0.2, 0.25) is 0 Å².